The largest absolute Gasteiger partial charge is 0.503 e. The van der Waals surface area contributed by atoms with Crippen molar-refractivity contribution in [3.63, 3.8) is 0 Å². The fourth-order valence-corrected chi connectivity index (χ4v) is 5.25. The molecule has 32 heavy (non-hydrogen) atoms. The molecule has 0 radical (unpaired) electrons. The number of pyridine rings is 1. The fourth-order valence-electron chi connectivity index (χ4n) is 4.11. The summed E-state index contributed by atoms with van der Waals surface area (Å²) >= 11 is 7.08. The summed E-state index contributed by atoms with van der Waals surface area (Å²) in [4.78, 5) is 32.4. The van der Waals surface area contributed by atoms with Crippen molar-refractivity contribution >= 4 is 28.8 Å². The molecule has 2 aliphatic heterocycles. The van der Waals surface area contributed by atoms with Crippen LogP contribution in [0.3, 0.4) is 0 Å². The maximum Gasteiger partial charge on any atom is 0.276 e. The lowest BCUT2D eigenvalue weighted by Crippen LogP contribution is -2.54. The molecular weight excluding hydrogens is 457 g/mol. The number of carbonyl (C=O) groups is 1. The zero-order valence-electron chi connectivity index (χ0n) is 17.0. The van der Waals surface area contributed by atoms with Crippen LogP contribution in [0, 0.1) is 5.82 Å². The number of fused-ring (bicyclic) bond motifs is 2. The molecule has 0 saturated carbocycles. The molecule has 1 saturated heterocycles. The molecule has 1 fully saturated rings. The van der Waals surface area contributed by atoms with Crippen LogP contribution in [0.25, 0.3) is 10.6 Å². The topological polar surface area (TPSA) is 84.7 Å². The molecule has 0 bridgehead atoms. The van der Waals surface area contributed by atoms with Gasteiger partial charge in [-0.05, 0) is 25.0 Å². The van der Waals surface area contributed by atoms with Crippen molar-refractivity contribution in [2.45, 2.75) is 38.6 Å². The first-order chi connectivity index (χ1) is 15.3. The van der Waals surface area contributed by atoms with Gasteiger partial charge in [-0.1, -0.05) is 23.7 Å². The molecule has 1 amide bonds. The summed E-state index contributed by atoms with van der Waals surface area (Å²) in [6.07, 6.45) is 3.64. The van der Waals surface area contributed by atoms with Crippen LogP contribution in [0.4, 0.5) is 4.39 Å². The zero-order valence-corrected chi connectivity index (χ0v) is 18.6. The number of ether oxygens (including phenoxy) is 1. The monoisotopic (exact) mass is 475 g/mol. The molecule has 0 spiro atoms. The highest BCUT2D eigenvalue weighted by Crippen LogP contribution is 2.32. The summed E-state index contributed by atoms with van der Waals surface area (Å²) in [6.45, 7) is 2.76. The van der Waals surface area contributed by atoms with Gasteiger partial charge in [0.15, 0.2) is 17.7 Å². The molecule has 0 unspecified atom stereocenters. The molecule has 5 rings (SSSR count). The van der Waals surface area contributed by atoms with E-state index in [1.807, 2.05) is 6.92 Å². The fraction of sp³-hybridized carbons (Fsp3) is 0.318. The van der Waals surface area contributed by atoms with Crippen molar-refractivity contribution in [3.05, 3.63) is 67.8 Å². The predicted octanol–water partition coefficient (Wildman–Crippen LogP) is 3.65. The minimum atomic E-state index is -0.663. The number of benzene rings is 1. The number of halogens is 2. The average Bonchev–Trinajstić information content (AvgIpc) is 3.22. The smallest absolute Gasteiger partial charge is 0.276 e. The van der Waals surface area contributed by atoms with Crippen molar-refractivity contribution in [2.75, 3.05) is 6.54 Å². The molecule has 166 valence electrons. The minimum absolute atomic E-state index is 0.0199. The molecule has 4 heterocycles. The lowest BCUT2D eigenvalue weighted by atomic mass is 10.1. The lowest BCUT2D eigenvalue weighted by molar-refractivity contribution is -0.127. The van der Waals surface area contributed by atoms with E-state index in [4.69, 9.17) is 16.3 Å². The van der Waals surface area contributed by atoms with E-state index in [9.17, 15) is 19.1 Å². The van der Waals surface area contributed by atoms with E-state index >= 15 is 0 Å². The first-order valence-electron chi connectivity index (χ1n) is 10.1. The number of thiazole rings is 1. The Bertz CT molecular complexity index is 1290. The Kier molecular flexibility index (Phi) is 5.27. The van der Waals surface area contributed by atoms with Crippen LogP contribution in [-0.2, 0) is 17.7 Å². The van der Waals surface area contributed by atoms with E-state index < -0.39 is 29.1 Å². The zero-order chi connectivity index (χ0) is 22.6. The summed E-state index contributed by atoms with van der Waals surface area (Å²) in [7, 11) is 0. The standard InChI is InChI=1S/C22H19ClFN3O4S/c1-11-5-6-27-16(31-11)10-26-9-14(19(28)20(29)18(26)22(27)30)21-25-8-13(32-21)7-12-3-2-4-15(23)17(12)24/h2-4,8-9,11,16,29H,5-7,10H2,1H3/t11-,16+/m1/s1. The molecule has 2 aromatic heterocycles. The van der Waals surface area contributed by atoms with Gasteiger partial charge in [-0.2, -0.15) is 0 Å². The summed E-state index contributed by atoms with van der Waals surface area (Å²) in [6, 6.07) is 4.79. The number of aromatic nitrogens is 2. The number of hydrogen-bond acceptors (Lipinski definition) is 6. The number of aromatic hydroxyl groups is 1. The van der Waals surface area contributed by atoms with Crippen LogP contribution in [0.2, 0.25) is 5.02 Å². The Labute approximate surface area is 191 Å². The quantitative estimate of drug-likeness (QED) is 0.625. The third kappa shape index (κ3) is 3.50. The van der Waals surface area contributed by atoms with Crippen LogP contribution in [0.15, 0.2) is 35.4 Å². The SMILES string of the molecule is C[C@@H]1CCN2C(=O)c3c(O)c(=O)c(-c4ncc(Cc5cccc(Cl)c5F)s4)cn3C[C@@H]2O1. The highest BCUT2D eigenvalue weighted by molar-refractivity contribution is 7.15. The van der Waals surface area contributed by atoms with Gasteiger partial charge in [-0.25, -0.2) is 9.37 Å². The number of amides is 1. The highest BCUT2D eigenvalue weighted by Gasteiger charge is 2.39. The van der Waals surface area contributed by atoms with E-state index in [0.717, 1.165) is 4.88 Å². The first kappa shape index (κ1) is 21.1. The van der Waals surface area contributed by atoms with Crippen molar-refractivity contribution in [3.8, 4) is 16.3 Å². The molecule has 1 aromatic carbocycles. The van der Waals surface area contributed by atoms with Crippen LogP contribution in [0.1, 0.15) is 34.3 Å². The third-order valence-corrected chi connectivity index (χ3v) is 7.09. The van der Waals surface area contributed by atoms with E-state index in [-0.39, 0.29) is 28.8 Å². The minimum Gasteiger partial charge on any atom is -0.503 e. The second-order valence-electron chi connectivity index (χ2n) is 7.93. The number of hydrogen-bond donors (Lipinski definition) is 1. The summed E-state index contributed by atoms with van der Waals surface area (Å²) in [5.74, 6) is -1.51. The number of carbonyl (C=O) groups excluding carboxylic acids is 1. The third-order valence-electron chi connectivity index (χ3n) is 5.77. The number of nitrogens with zero attached hydrogens (tertiary/aromatic N) is 3. The molecule has 2 aliphatic rings. The van der Waals surface area contributed by atoms with Gasteiger partial charge in [0.2, 0.25) is 5.43 Å². The Morgan fingerprint density at radius 3 is 3.00 bits per heavy atom. The van der Waals surface area contributed by atoms with Crippen molar-refractivity contribution < 1.29 is 19.0 Å². The molecule has 7 nitrogen and oxygen atoms in total. The average molecular weight is 476 g/mol. The Morgan fingerprint density at radius 1 is 1.38 bits per heavy atom. The van der Waals surface area contributed by atoms with Crippen molar-refractivity contribution in [1.29, 1.82) is 0 Å². The van der Waals surface area contributed by atoms with Crippen molar-refractivity contribution in [1.82, 2.24) is 14.5 Å². The van der Waals surface area contributed by atoms with Crippen LogP contribution in [-0.4, -0.2) is 44.3 Å². The first-order valence-corrected chi connectivity index (χ1v) is 11.3. The maximum atomic E-state index is 14.2. The predicted molar refractivity (Wildman–Crippen MR) is 118 cm³/mol. The molecule has 1 N–H and O–H groups in total. The van der Waals surface area contributed by atoms with Crippen LogP contribution < -0.4 is 5.43 Å². The van der Waals surface area contributed by atoms with Gasteiger partial charge in [0.25, 0.3) is 5.91 Å². The van der Waals surface area contributed by atoms with Gasteiger partial charge in [0, 0.05) is 30.2 Å². The summed E-state index contributed by atoms with van der Waals surface area (Å²) < 4.78 is 21.7. The van der Waals surface area contributed by atoms with Gasteiger partial charge in [-0.15, -0.1) is 11.3 Å². The highest BCUT2D eigenvalue weighted by atomic mass is 35.5. The number of rotatable bonds is 3. The Balaban J connectivity index is 1.50. The Hall–Kier alpha value is -2.75. The van der Waals surface area contributed by atoms with E-state index in [1.165, 1.54) is 23.6 Å². The van der Waals surface area contributed by atoms with Gasteiger partial charge in [0.1, 0.15) is 10.8 Å². The van der Waals surface area contributed by atoms with Gasteiger partial charge < -0.3 is 19.3 Å². The van der Waals surface area contributed by atoms with Gasteiger partial charge in [0.05, 0.1) is 23.2 Å². The van der Waals surface area contributed by atoms with Gasteiger partial charge in [-0.3, -0.25) is 9.59 Å². The maximum absolute atomic E-state index is 14.2. The van der Waals surface area contributed by atoms with Crippen LogP contribution >= 0.6 is 22.9 Å². The molecule has 0 aliphatic carbocycles. The summed E-state index contributed by atoms with van der Waals surface area (Å²) in [5.41, 5.74) is -0.0961. The Morgan fingerprint density at radius 2 is 2.19 bits per heavy atom. The molecule has 3 aromatic rings. The lowest BCUT2D eigenvalue weighted by Gasteiger charge is -2.42. The second-order valence-corrected chi connectivity index (χ2v) is 9.45. The molecule has 10 heteroatoms. The van der Waals surface area contributed by atoms with Crippen LogP contribution in [0.5, 0.6) is 5.75 Å². The van der Waals surface area contributed by atoms with Crippen molar-refractivity contribution in [2.24, 2.45) is 0 Å². The van der Waals surface area contributed by atoms with Gasteiger partial charge >= 0.3 is 0 Å². The van der Waals surface area contributed by atoms with E-state index in [2.05, 4.69) is 4.98 Å². The second kappa shape index (κ2) is 7.99. The molecular formula is C22H19ClFN3O4S. The summed E-state index contributed by atoms with van der Waals surface area (Å²) in [5, 5.41) is 11.0. The van der Waals surface area contributed by atoms with E-state index in [0.29, 0.717) is 30.1 Å². The molecule has 2 atom stereocenters. The van der Waals surface area contributed by atoms with E-state index in [1.54, 1.807) is 27.8 Å². The normalized spacial score (nSPS) is 20.2.